The average Bonchev–Trinajstić information content (AvgIpc) is 3.64. The molecule has 1 atom stereocenters. The summed E-state index contributed by atoms with van der Waals surface area (Å²) in [4.78, 5) is 41.2. The summed E-state index contributed by atoms with van der Waals surface area (Å²) in [5.41, 5.74) is 1.73. The number of esters is 1. The molecule has 0 unspecified atom stereocenters. The molecule has 8 nitrogen and oxygen atoms in total. The number of hydrogen-bond acceptors (Lipinski definition) is 6. The summed E-state index contributed by atoms with van der Waals surface area (Å²) in [7, 11) is 2.57. The molecule has 0 aromatic heterocycles. The number of hydrogen-bond donors (Lipinski definition) is 0. The molecule has 2 aliphatic rings. The molecule has 240 valence electrons. The van der Waals surface area contributed by atoms with Crippen LogP contribution in [0.4, 0.5) is 23.7 Å². The zero-order valence-electron chi connectivity index (χ0n) is 26.2. The van der Waals surface area contributed by atoms with Crippen molar-refractivity contribution >= 4 is 23.7 Å². The van der Waals surface area contributed by atoms with Crippen molar-refractivity contribution in [3.05, 3.63) is 58.1 Å². The molecule has 0 radical (unpaired) electrons. The van der Waals surface area contributed by atoms with Crippen LogP contribution in [-0.2, 0) is 38.3 Å². The molecular weight excluding hydrogens is 577 g/mol. The maximum Gasteiger partial charge on any atom is 0.416 e. The van der Waals surface area contributed by atoms with E-state index in [9.17, 15) is 27.6 Å². The van der Waals surface area contributed by atoms with Gasteiger partial charge in [-0.25, -0.2) is 9.59 Å². The van der Waals surface area contributed by atoms with Crippen molar-refractivity contribution in [2.24, 2.45) is 0 Å². The van der Waals surface area contributed by atoms with Crippen LogP contribution in [0.5, 0.6) is 5.75 Å². The van der Waals surface area contributed by atoms with E-state index in [-0.39, 0.29) is 24.9 Å². The minimum absolute atomic E-state index is 0.0336. The lowest BCUT2D eigenvalue weighted by molar-refractivity contribution is -0.148. The van der Waals surface area contributed by atoms with E-state index in [1.807, 2.05) is 6.92 Å². The second kappa shape index (κ2) is 13.1. The molecule has 1 heterocycles. The molecule has 2 aromatic rings. The number of carbonyl (C=O) groups is 3. The van der Waals surface area contributed by atoms with Gasteiger partial charge in [0.2, 0.25) is 5.91 Å². The van der Waals surface area contributed by atoms with Gasteiger partial charge in [-0.2, -0.15) is 13.2 Å². The Morgan fingerprint density at radius 2 is 1.75 bits per heavy atom. The summed E-state index contributed by atoms with van der Waals surface area (Å²) in [6.45, 7) is 7.27. The van der Waals surface area contributed by atoms with Gasteiger partial charge >= 0.3 is 18.2 Å². The number of carbonyl (C=O) groups excluding carboxylic acids is 3. The van der Waals surface area contributed by atoms with E-state index in [0.717, 1.165) is 41.7 Å². The first-order valence-corrected chi connectivity index (χ1v) is 14.9. The predicted octanol–water partition coefficient (Wildman–Crippen LogP) is 6.94. The van der Waals surface area contributed by atoms with Gasteiger partial charge in [0.15, 0.2) is 0 Å². The third kappa shape index (κ3) is 7.47. The lowest BCUT2D eigenvalue weighted by Crippen LogP contribution is -2.48. The number of benzene rings is 2. The van der Waals surface area contributed by atoms with Gasteiger partial charge < -0.3 is 19.1 Å². The van der Waals surface area contributed by atoms with Crippen molar-refractivity contribution in [1.29, 1.82) is 0 Å². The van der Waals surface area contributed by atoms with E-state index in [2.05, 4.69) is 0 Å². The van der Waals surface area contributed by atoms with Gasteiger partial charge in [0, 0.05) is 19.3 Å². The van der Waals surface area contributed by atoms with E-state index < -0.39 is 35.4 Å². The Hall–Kier alpha value is -3.76. The van der Waals surface area contributed by atoms with E-state index in [1.165, 1.54) is 20.2 Å². The molecule has 44 heavy (non-hydrogen) atoms. The SMILES string of the molecule is COC(=O)[C@@H](CC(=O)N1CCc2c1ccc(OCc1ccc(C3CCCC3)c(C(F)(F)F)c1)c2C)N(C)C(=O)OC(C)(C)C. The van der Waals surface area contributed by atoms with E-state index in [1.54, 1.807) is 49.9 Å². The van der Waals surface area contributed by atoms with Gasteiger partial charge in [0.1, 0.15) is 24.0 Å². The standard InChI is InChI=1S/C33H41F3N2O6/c1-20-23-15-16-38(29(39)18-27(30(40)42-6)37(5)31(41)44-32(2,3)4)26(23)13-14-28(20)43-19-21-11-12-24(22-9-7-8-10-22)25(17-21)33(34,35)36/h11-14,17,22,27H,7-10,15-16,18-19H2,1-6H3/t27-/m1/s1. The van der Waals surface area contributed by atoms with Crippen LogP contribution < -0.4 is 9.64 Å². The number of rotatable bonds is 8. The lowest BCUT2D eigenvalue weighted by atomic mass is 9.91. The van der Waals surface area contributed by atoms with Crippen LogP contribution in [0.15, 0.2) is 30.3 Å². The summed E-state index contributed by atoms with van der Waals surface area (Å²) in [6, 6.07) is 6.75. The summed E-state index contributed by atoms with van der Waals surface area (Å²) >= 11 is 0. The Labute approximate surface area is 256 Å². The largest absolute Gasteiger partial charge is 0.489 e. The third-order valence-corrected chi connectivity index (χ3v) is 8.30. The smallest absolute Gasteiger partial charge is 0.416 e. The molecule has 1 fully saturated rings. The van der Waals surface area contributed by atoms with Crippen LogP contribution in [0.3, 0.4) is 0 Å². The normalized spacial score (nSPS) is 16.0. The molecule has 4 rings (SSSR count). The van der Waals surface area contributed by atoms with Crippen molar-refractivity contribution in [3.8, 4) is 5.75 Å². The average molecular weight is 619 g/mol. The van der Waals surface area contributed by atoms with Gasteiger partial charge in [-0.1, -0.05) is 25.0 Å². The van der Waals surface area contributed by atoms with Gasteiger partial charge in [-0.3, -0.25) is 9.69 Å². The number of halogens is 3. The Morgan fingerprint density at radius 1 is 1.07 bits per heavy atom. The number of methoxy groups -OCH3 is 1. The number of fused-ring (bicyclic) bond motifs is 1. The third-order valence-electron chi connectivity index (χ3n) is 8.30. The number of likely N-dealkylation sites (N-methyl/N-ethyl adjacent to an activating group) is 1. The van der Waals surface area contributed by atoms with Crippen molar-refractivity contribution in [2.45, 2.75) is 96.6 Å². The molecular formula is C33H41F3N2O6. The maximum atomic E-state index is 13.9. The number of anilines is 1. The van der Waals surface area contributed by atoms with E-state index in [0.29, 0.717) is 35.5 Å². The second-order valence-corrected chi connectivity index (χ2v) is 12.5. The quantitative estimate of drug-likeness (QED) is 0.298. The van der Waals surface area contributed by atoms with Crippen molar-refractivity contribution in [3.63, 3.8) is 0 Å². The second-order valence-electron chi connectivity index (χ2n) is 12.5. The predicted molar refractivity (Wildman–Crippen MR) is 159 cm³/mol. The first-order chi connectivity index (χ1) is 20.6. The van der Waals surface area contributed by atoms with Crippen LogP contribution in [0.25, 0.3) is 0 Å². The lowest BCUT2D eigenvalue weighted by Gasteiger charge is -2.30. The highest BCUT2D eigenvalue weighted by Crippen LogP contribution is 2.42. The van der Waals surface area contributed by atoms with Crippen LogP contribution in [0.1, 0.15) is 86.6 Å². The first-order valence-electron chi connectivity index (χ1n) is 14.9. The Balaban J connectivity index is 1.47. The highest BCUT2D eigenvalue weighted by atomic mass is 19.4. The summed E-state index contributed by atoms with van der Waals surface area (Å²) in [5, 5.41) is 0. The minimum atomic E-state index is -4.44. The zero-order chi connectivity index (χ0) is 32.4. The molecule has 1 saturated carbocycles. The maximum absolute atomic E-state index is 13.9. The highest BCUT2D eigenvalue weighted by molar-refractivity contribution is 5.99. The molecule has 2 amide bonds. The summed E-state index contributed by atoms with van der Waals surface area (Å²) in [5.74, 6) is -0.656. The number of alkyl halides is 3. The van der Waals surface area contributed by atoms with E-state index >= 15 is 0 Å². The summed E-state index contributed by atoms with van der Waals surface area (Å²) < 4.78 is 58.0. The van der Waals surface area contributed by atoms with Crippen molar-refractivity contribution < 1.29 is 41.8 Å². The van der Waals surface area contributed by atoms with Gasteiger partial charge in [0.05, 0.1) is 19.1 Å². The fraction of sp³-hybridized carbons (Fsp3) is 0.545. The number of ether oxygens (including phenoxy) is 3. The van der Waals surface area contributed by atoms with Gasteiger partial charge in [-0.15, -0.1) is 0 Å². The highest BCUT2D eigenvalue weighted by Gasteiger charge is 2.37. The van der Waals surface area contributed by atoms with Crippen molar-refractivity contribution in [1.82, 2.24) is 4.90 Å². The molecule has 1 aliphatic heterocycles. The Bertz CT molecular complexity index is 1400. The van der Waals surface area contributed by atoms with Gasteiger partial charge in [0.25, 0.3) is 0 Å². The number of amides is 2. The molecule has 2 aromatic carbocycles. The topological polar surface area (TPSA) is 85.4 Å². The molecule has 0 spiro atoms. The zero-order valence-corrected chi connectivity index (χ0v) is 26.2. The first kappa shape index (κ1) is 33.1. The van der Waals surface area contributed by atoms with Crippen molar-refractivity contribution in [2.75, 3.05) is 25.6 Å². The Kier molecular flexibility index (Phi) is 9.85. The van der Waals surface area contributed by atoms with Crippen LogP contribution in [0, 0.1) is 6.92 Å². The van der Waals surface area contributed by atoms with Gasteiger partial charge in [-0.05, 0) is 93.3 Å². The number of nitrogens with zero attached hydrogens (tertiary/aromatic N) is 2. The van der Waals surface area contributed by atoms with Crippen LogP contribution in [-0.4, -0.2) is 55.2 Å². The summed E-state index contributed by atoms with van der Waals surface area (Å²) in [6.07, 6.45) is -1.53. The molecule has 0 bridgehead atoms. The monoisotopic (exact) mass is 618 g/mol. The van der Waals surface area contributed by atoms with E-state index in [4.69, 9.17) is 14.2 Å². The molecule has 0 N–H and O–H groups in total. The molecule has 0 saturated heterocycles. The van der Waals surface area contributed by atoms with Crippen LogP contribution in [0.2, 0.25) is 0 Å². The fourth-order valence-corrected chi connectivity index (χ4v) is 5.99. The molecule has 1 aliphatic carbocycles. The molecule has 11 heteroatoms. The van der Waals surface area contributed by atoms with Crippen LogP contribution >= 0.6 is 0 Å². The minimum Gasteiger partial charge on any atom is -0.489 e. The Morgan fingerprint density at radius 3 is 2.36 bits per heavy atom. The fourth-order valence-electron chi connectivity index (χ4n) is 5.99.